The van der Waals surface area contributed by atoms with Crippen molar-refractivity contribution < 1.29 is 13.2 Å². The Hall–Kier alpha value is -1.50. The topological polar surface area (TPSA) is 80.3 Å². The summed E-state index contributed by atoms with van der Waals surface area (Å²) in [6, 6.07) is 1.66. The minimum absolute atomic E-state index is 0.272. The van der Waals surface area contributed by atoms with Gasteiger partial charge in [0.15, 0.2) is 0 Å². The second-order valence-corrected chi connectivity index (χ2v) is 5.84. The van der Waals surface area contributed by atoms with Gasteiger partial charge in [-0.3, -0.25) is 4.72 Å². The zero-order valence-electron chi connectivity index (χ0n) is 9.73. The number of methoxy groups -OCH3 is 1. The molecule has 0 unspecified atom stereocenters. The Morgan fingerprint density at radius 1 is 1.47 bits per heavy atom. The molecule has 6 nitrogen and oxygen atoms in total. The molecule has 1 aliphatic rings. The predicted molar refractivity (Wildman–Crippen MR) is 65.9 cm³/mol. The Kier molecular flexibility index (Phi) is 3.10. The van der Waals surface area contributed by atoms with E-state index in [-0.39, 0.29) is 11.1 Å². The summed E-state index contributed by atoms with van der Waals surface area (Å²) in [5.41, 5.74) is 1.09. The zero-order valence-corrected chi connectivity index (χ0v) is 10.5. The molecule has 1 fully saturated rings. The van der Waals surface area contributed by atoms with Gasteiger partial charge in [-0.05, 0) is 18.9 Å². The first-order chi connectivity index (χ1) is 8.06. The van der Waals surface area contributed by atoms with Crippen LogP contribution in [0.3, 0.4) is 0 Å². The summed E-state index contributed by atoms with van der Waals surface area (Å²) >= 11 is 0. The third kappa shape index (κ3) is 2.60. The number of sulfonamides is 1. The van der Waals surface area contributed by atoms with Crippen molar-refractivity contribution in [2.45, 2.75) is 18.1 Å². The molecule has 1 aromatic rings. The van der Waals surface area contributed by atoms with Gasteiger partial charge in [0.05, 0.1) is 24.2 Å². The SMILES string of the molecule is CNc1cnc(OC)c(NS(=O)(=O)C2CC2)c1. The number of aromatic nitrogens is 1. The molecule has 0 saturated heterocycles. The highest BCUT2D eigenvalue weighted by atomic mass is 32.2. The van der Waals surface area contributed by atoms with Gasteiger partial charge in [-0.1, -0.05) is 0 Å². The van der Waals surface area contributed by atoms with E-state index < -0.39 is 10.0 Å². The molecule has 0 aromatic carbocycles. The van der Waals surface area contributed by atoms with E-state index in [1.54, 1.807) is 19.3 Å². The van der Waals surface area contributed by atoms with Gasteiger partial charge in [-0.2, -0.15) is 0 Å². The number of anilines is 2. The maximum atomic E-state index is 11.8. The first kappa shape index (κ1) is 12.0. The highest BCUT2D eigenvalue weighted by Gasteiger charge is 2.36. The lowest BCUT2D eigenvalue weighted by atomic mass is 10.3. The van der Waals surface area contributed by atoms with Crippen molar-refractivity contribution in [2.75, 3.05) is 24.2 Å². The lowest BCUT2D eigenvalue weighted by Crippen LogP contribution is -2.18. The molecule has 1 aromatic heterocycles. The van der Waals surface area contributed by atoms with Crippen molar-refractivity contribution in [1.29, 1.82) is 0 Å². The van der Waals surface area contributed by atoms with Crippen LogP contribution in [0.5, 0.6) is 5.88 Å². The lowest BCUT2D eigenvalue weighted by molar-refractivity contribution is 0.400. The second kappa shape index (κ2) is 4.40. The number of nitrogens with one attached hydrogen (secondary N) is 2. The highest BCUT2D eigenvalue weighted by Crippen LogP contribution is 2.32. The summed E-state index contributed by atoms with van der Waals surface area (Å²) in [7, 11) is -0.102. The summed E-state index contributed by atoms with van der Waals surface area (Å²) in [6.07, 6.45) is 3.02. The molecule has 1 saturated carbocycles. The molecule has 1 heterocycles. The molecule has 94 valence electrons. The highest BCUT2D eigenvalue weighted by molar-refractivity contribution is 7.93. The van der Waals surface area contributed by atoms with Crippen LogP contribution in [0, 0.1) is 0 Å². The van der Waals surface area contributed by atoms with Crippen LogP contribution in [0.4, 0.5) is 11.4 Å². The van der Waals surface area contributed by atoms with E-state index in [0.29, 0.717) is 5.69 Å². The van der Waals surface area contributed by atoms with E-state index in [4.69, 9.17) is 4.74 Å². The fraction of sp³-hybridized carbons (Fsp3) is 0.500. The molecule has 17 heavy (non-hydrogen) atoms. The molecular weight excluding hydrogens is 242 g/mol. The Morgan fingerprint density at radius 3 is 2.71 bits per heavy atom. The van der Waals surface area contributed by atoms with E-state index in [1.165, 1.54) is 7.11 Å². The van der Waals surface area contributed by atoms with Crippen molar-refractivity contribution in [3.8, 4) is 5.88 Å². The molecule has 2 N–H and O–H groups in total. The Morgan fingerprint density at radius 2 is 2.18 bits per heavy atom. The van der Waals surface area contributed by atoms with Crippen molar-refractivity contribution in [3.63, 3.8) is 0 Å². The number of ether oxygens (including phenoxy) is 1. The van der Waals surface area contributed by atoms with Crippen LogP contribution in [-0.2, 0) is 10.0 Å². The molecule has 0 amide bonds. The summed E-state index contributed by atoms with van der Waals surface area (Å²) in [6.45, 7) is 0. The summed E-state index contributed by atoms with van der Waals surface area (Å²) in [5.74, 6) is 0.272. The normalized spacial score (nSPS) is 15.4. The second-order valence-electron chi connectivity index (χ2n) is 3.88. The monoisotopic (exact) mass is 257 g/mol. The van der Waals surface area contributed by atoms with Crippen molar-refractivity contribution in [2.24, 2.45) is 0 Å². The van der Waals surface area contributed by atoms with Crippen LogP contribution in [-0.4, -0.2) is 32.8 Å². The van der Waals surface area contributed by atoms with Crippen LogP contribution < -0.4 is 14.8 Å². The predicted octanol–water partition coefficient (Wildman–Crippen LogP) is 1.04. The number of nitrogens with zero attached hydrogens (tertiary/aromatic N) is 1. The van der Waals surface area contributed by atoms with Crippen molar-refractivity contribution in [3.05, 3.63) is 12.3 Å². The van der Waals surface area contributed by atoms with Crippen LogP contribution in [0.25, 0.3) is 0 Å². The molecule has 0 radical (unpaired) electrons. The standard InChI is InChI=1S/C10H15N3O3S/c1-11-7-5-9(10(16-2)12-6-7)13-17(14,15)8-3-4-8/h5-6,8,11,13H,3-4H2,1-2H3. The van der Waals surface area contributed by atoms with Gasteiger partial charge in [0.25, 0.3) is 0 Å². The molecule has 0 atom stereocenters. The first-order valence-electron chi connectivity index (χ1n) is 5.30. The first-order valence-corrected chi connectivity index (χ1v) is 6.85. The fourth-order valence-electron chi connectivity index (χ4n) is 1.44. The van der Waals surface area contributed by atoms with E-state index in [0.717, 1.165) is 18.5 Å². The van der Waals surface area contributed by atoms with Gasteiger partial charge in [0, 0.05) is 7.05 Å². The average Bonchev–Trinajstić information content (AvgIpc) is 3.12. The summed E-state index contributed by atoms with van der Waals surface area (Å²) in [5, 5.41) is 2.62. The van der Waals surface area contributed by atoms with E-state index in [9.17, 15) is 8.42 Å². The molecule has 2 rings (SSSR count). The minimum Gasteiger partial charge on any atom is -0.479 e. The van der Waals surface area contributed by atoms with E-state index in [1.807, 2.05) is 0 Å². The van der Waals surface area contributed by atoms with E-state index >= 15 is 0 Å². The van der Waals surface area contributed by atoms with Crippen LogP contribution in [0.1, 0.15) is 12.8 Å². The number of rotatable bonds is 5. The Bertz CT molecular complexity index is 512. The summed E-state index contributed by atoms with van der Waals surface area (Å²) in [4.78, 5) is 4.02. The van der Waals surface area contributed by atoms with Gasteiger partial charge in [-0.15, -0.1) is 0 Å². The van der Waals surface area contributed by atoms with Gasteiger partial charge in [0.1, 0.15) is 5.69 Å². The molecule has 7 heteroatoms. The largest absolute Gasteiger partial charge is 0.479 e. The van der Waals surface area contributed by atoms with Crippen LogP contribution in [0.15, 0.2) is 12.3 Å². The molecule has 0 spiro atoms. The third-order valence-electron chi connectivity index (χ3n) is 2.55. The molecule has 0 aliphatic heterocycles. The van der Waals surface area contributed by atoms with Crippen LogP contribution in [0.2, 0.25) is 0 Å². The number of hydrogen-bond donors (Lipinski definition) is 2. The van der Waals surface area contributed by atoms with Crippen molar-refractivity contribution >= 4 is 21.4 Å². The maximum absolute atomic E-state index is 11.8. The number of hydrogen-bond acceptors (Lipinski definition) is 5. The smallest absolute Gasteiger partial charge is 0.238 e. The van der Waals surface area contributed by atoms with Gasteiger partial charge < -0.3 is 10.1 Å². The molecule has 0 bridgehead atoms. The zero-order chi connectivity index (χ0) is 12.5. The summed E-state index contributed by atoms with van der Waals surface area (Å²) < 4.78 is 31.2. The lowest BCUT2D eigenvalue weighted by Gasteiger charge is -2.11. The average molecular weight is 257 g/mol. The van der Waals surface area contributed by atoms with Gasteiger partial charge >= 0.3 is 0 Å². The van der Waals surface area contributed by atoms with Crippen molar-refractivity contribution in [1.82, 2.24) is 4.98 Å². The number of pyridine rings is 1. The molecule has 1 aliphatic carbocycles. The quantitative estimate of drug-likeness (QED) is 0.823. The Labute approximate surface area is 100 Å². The maximum Gasteiger partial charge on any atom is 0.238 e. The molecular formula is C10H15N3O3S. The minimum atomic E-state index is -3.30. The van der Waals surface area contributed by atoms with Gasteiger partial charge in [-0.25, -0.2) is 13.4 Å². The van der Waals surface area contributed by atoms with Gasteiger partial charge in [0.2, 0.25) is 15.9 Å². The fourth-order valence-corrected chi connectivity index (χ4v) is 2.82. The van der Waals surface area contributed by atoms with Crippen LogP contribution >= 0.6 is 0 Å². The third-order valence-corrected chi connectivity index (χ3v) is 4.40. The Balaban J connectivity index is 2.29. The van der Waals surface area contributed by atoms with E-state index in [2.05, 4.69) is 15.0 Å².